The van der Waals surface area contributed by atoms with Crippen LogP contribution >= 0.6 is 0 Å². The minimum absolute atomic E-state index is 0.105. The van der Waals surface area contributed by atoms with Gasteiger partial charge in [0.05, 0.1) is 0 Å². The van der Waals surface area contributed by atoms with Crippen LogP contribution in [0.4, 0.5) is 0 Å². The third-order valence-corrected chi connectivity index (χ3v) is 11.6. The number of ketones is 1. The highest BCUT2D eigenvalue weighted by Crippen LogP contribution is 2.73. The van der Waals surface area contributed by atoms with E-state index in [0.29, 0.717) is 23.4 Å². The number of carbonyl (C=O) groups excluding carboxylic acids is 1. The lowest BCUT2D eigenvalue weighted by Crippen LogP contribution is -2.51. The highest BCUT2D eigenvalue weighted by atomic mass is 16.6. The number of rotatable bonds is 0. The molecule has 0 bridgehead atoms. The van der Waals surface area contributed by atoms with Crippen LogP contribution in [0.2, 0.25) is 0 Å². The fraction of sp³-hybridized carbons (Fsp3) is 0.815. The van der Waals surface area contributed by atoms with E-state index in [1.54, 1.807) is 0 Å². The predicted molar refractivity (Wildman–Crippen MR) is 117 cm³/mol. The van der Waals surface area contributed by atoms with E-state index in [4.69, 9.17) is 4.74 Å². The number of ether oxygens (including phenoxy) is 1. The zero-order chi connectivity index (χ0) is 20.6. The molecule has 0 aromatic heterocycles. The maximum absolute atomic E-state index is 12.0. The molecule has 3 nitrogen and oxygen atoms in total. The van der Waals surface area contributed by atoms with E-state index in [1.165, 1.54) is 44.2 Å². The minimum Gasteiger partial charge on any atom is -0.350 e. The van der Waals surface area contributed by atoms with Crippen molar-refractivity contribution in [3.63, 3.8) is 0 Å². The SMILES string of the molecule is C[C@H]1C[C@H]2O[C@]23[C@@H](C)[C@H]2[C@H](C[C@H]4[C@@H]5CCC6=CC(=O)C=C[C@]6(C)[C@H]5CC[C@]24C)N3C1. The van der Waals surface area contributed by atoms with E-state index in [1.807, 2.05) is 12.2 Å². The molecule has 0 radical (unpaired) electrons. The zero-order valence-corrected chi connectivity index (χ0v) is 19.1. The molecule has 11 atom stereocenters. The Morgan fingerprint density at radius 2 is 1.97 bits per heavy atom. The molecule has 0 aromatic carbocycles. The second-order valence-corrected chi connectivity index (χ2v) is 12.6. The molecule has 3 saturated carbocycles. The van der Waals surface area contributed by atoms with Crippen LogP contribution in [0.3, 0.4) is 0 Å². The van der Waals surface area contributed by atoms with Crippen LogP contribution in [-0.4, -0.2) is 35.1 Å². The quantitative estimate of drug-likeness (QED) is 0.531. The van der Waals surface area contributed by atoms with E-state index >= 15 is 0 Å². The van der Waals surface area contributed by atoms with Crippen LogP contribution in [0.5, 0.6) is 0 Å². The van der Waals surface area contributed by atoms with Crippen molar-refractivity contribution in [1.29, 1.82) is 0 Å². The first-order valence-electron chi connectivity index (χ1n) is 12.7. The molecule has 3 heterocycles. The van der Waals surface area contributed by atoms with E-state index in [-0.39, 0.29) is 16.9 Å². The Morgan fingerprint density at radius 1 is 1.13 bits per heavy atom. The first-order valence-corrected chi connectivity index (χ1v) is 12.7. The van der Waals surface area contributed by atoms with E-state index in [2.05, 4.69) is 38.7 Å². The van der Waals surface area contributed by atoms with Gasteiger partial charge in [-0.15, -0.1) is 0 Å². The third kappa shape index (κ3) is 1.95. The first kappa shape index (κ1) is 18.6. The summed E-state index contributed by atoms with van der Waals surface area (Å²) in [6.07, 6.45) is 14.4. The van der Waals surface area contributed by atoms with Gasteiger partial charge in [-0.05, 0) is 85.7 Å². The molecule has 4 aliphatic carbocycles. The van der Waals surface area contributed by atoms with Gasteiger partial charge >= 0.3 is 0 Å². The Labute approximate surface area is 181 Å². The summed E-state index contributed by atoms with van der Waals surface area (Å²) in [7, 11) is 0. The van der Waals surface area contributed by atoms with Crippen LogP contribution in [0.25, 0.3) is 0 Å². The van der Waals surface area contributed by atoms with Crippen molar-refractivity contribution >= 4 is 5.78 Å². The number of fused-ring (bicyclic) bond motifs is 8. The Bertz CT molecular complexity index is 891. The molecule has 3 heteroatoms. The predicted octanol–water partition coefficient (Wildman–Crippen LogP) is 4.98. The van der Waals surface area contributed by atoms with Crippen LogP contribution in [0, 0.1) is 46.3 Å². The van der Waals surface area contributed by atoms with E-state index in [9.17, 15) is 4.79 Å². The first-order chi connectivity index (χ1) is 14.3. The molecule has 6 fully saturated rings. The smallest absolute Gasteiger partial charge is 0.178 e. The Hall–Kier alpha value is -0.930. The van der Waals surface area contributed by atoms with Crippen molar-refractivity contribution < 1.29 is 9.53 Å². The largest absolute Gasteiger partial charge is 0.350 e. The number of epoxide rings is 1. The van der Waals surface area contributed by atoms with Gasteiger partial charge in [0.25, 0.3) is 0 Å². The second-order valence-electron chi connectivity index (χ2n) is 12.6. The highest BCUT2D eigenvalue weighted by Gasteiger charge is 2.78. The Balaban J connectivity index is 1.25. The van der Waals surface area contributed by atoms with E-state index < -0.39 is 0 Å². The van der Waals surface area contributed by atoms with Crippen LogP contribution in [0.1, 0.15) is 66.2 Å². The lowest BCUT2D eigenvalue weighted by Gasteiger charge is -2.57. The summed E-state index contributed by atoms with van der Waals surface area (Å²) >= 11 is 0. The number of hydrogen-bond donors (Lipinski definition) is 0. The normalized spacial score (nSPS) is 60.7. The van der Waals surface area contributed by atoms with Gasteiger partial charge in [0.2, 0.25) is 0 Å². The Morgan fingerprint density at radius 3 is 2.80 bits per heavy atom. The summed E-state index contributed by atoms with van der Waals surface area (Å²) in [5.74, 6) is 4.81. The summed E-state index contributed by atoms with van der Waals surface area (Å²) in [5, 5.41) is 0. The maximum Gasteiger partial charge on any atom is 0.178 e. The van der Waals surface area contributed by atoms with Gasteiger partial charge in [-0.25, -0.2) is 0 Å². The van der Waals surface area contributed by atoms with Gasteiger partial charge in [-0.1, -0.05) is 39.3 Å². The van der Waals surface area contributed by atoms with Gasteiger partial charge in [0.15, 0.2) is 11.5 Å². The van der Waals surface area contributed by atoms with Crippen LogP contribution in [0.15, 0.2) is 23.8 Å². The molecule has 1 spiro atoms. The number of hydrogen-bond acceptors (Lipinski definition) is 3. The molecule has 30 heavy (non-hydrogen) atoms. The molecule has 0 amide bonds. The van der Waals surface area contributed by atoms with Gasteiger partial charge < -0.3 is 4.74 Å². The van der Waals surface area contributed by atoms with Crippen molar-refractivity contribution in [3.8, 4) is 0 Å². The average molecular weight is 408 g/mol. The lowest BCUT2D eigenvalue weighted by atomic mass is 9.47. The fourth-order valence-electron chi connectivity index (χ4n) is 10.4. The van der Waals surface area contributed by atoms with Gasteiger partial charge in [-0.2, -0.15) is 0 Å². The molecule has 0 unspecified atom stereocenters. The summed E-state index contributed by atoms with van der Waals surface area (Å²) in [6, 6.07) is 0.731. The number of nitrogens with zero attached hydrogens (tertiary/aromatic N) is 1. The molecule has 162 valence electrons. The molecule has 3 saturated heterocycles. The molecule has 0 aromatic rings. The third-order valence-electron chi connectivity index (χ3n) is 11.6. The van der Waals surface area contributed by atoms with Crippen LogP contribution < -0.4 is 0 Å². The zero-order valence-electron chi connectivity index (χ0n) is 19.1. The standard InChI is InChI=1S/C27H37NO2/c1-15-11-23-27(30-23)16(2)24-22(28(27)14-15)13-21-19-6-5-17-12-18(29)7-9-25(17,3)20(19)8-10-26(21,24)4/h7,9,12,15-16,19-24H,5-6,8,10-11,13-14H2,1-4H3/t15-,16-,19+,20-,21-,22-,23+,24-,25-,26-,27+/m0/s1. The van der Waals surface area contributed by atoms with Crippen molar-refractivity contribution in [2.24, 2.45) is 46.3 Å². The van der Waals surface area contributed by atoms with Crippen molar-refractivity contribution in [2.75, 3.05) is 6.54 Å². The second kappa shape index (κ2) is 5.52. The average Bonchev–Trinajstić information content (AvgIpc) is 3.28. The summed E-state index contributed by atoms with van der Waals surface area (Å²) in [5.41, 5.74) is 2.10. The van der Waals surface area contributed by atoms with Crippen LogP contribution in [-0.2, 0) is 9.53 Å². The molecule has 7 aliphatic rings. The topological polar surface area (TPSA) is 32.8 Å². The molecule has 0 N–H and O–H groups in total. The van der Waals surface area contributed by atoms with Crippen molar-refractivity contribution in [1.82, 2.24) is 4.90 Å². The molecule has 7 rings (SSSR count). The summed E-state index contributed by atoms with van der Waals surface area (Å²) in [6.45, 7) is 11.3. The van der Waals surface area contributed by atoms with Gasteiger partial charge in [-0.3, -0.25) is 9.69 Å². The number of piperidine rings is 1. The van der Waals surface area contributed by atoms with Crippen molar-refractivity contribution in [3.05, 3.63) is 23.8 Å². The summed E-state index contributed by atoms with van der Waals surface area (Å²) in [4.78, 5) is 14.9. The van der Waals surface area contributed by atoms with Gasteiger partial charge in [0, 0.05) is 23.9 Å². The molecular weight excluding hydrogens is 370 g/mol. The highest BCUT2D eigenvalue weighted by molar-refractivity contribution is 6.01. The monoisotopic (exact) mass is 407 g/mol. The van der Waals surface area contributed by atoms with E-state index in [0.717, 1.165) is 36.1 Å². The minimum atomic E-state index is 0.105. The fourth-order valence-corrected chi connectivity index (χ4v) is 10.4. The molecule has 3 aliphatic heterocycles. The maximum atomic E-state index is 12.0. The number of allylic oxidation sites excluding steroid dienone is 4. The lowest BCUT2D eigenvalue weighted by molar-refractivity contribution is -0.111. The van der Waals surface area contributed by atoms with Gasteiger partial charge in [0.1, 0.15) is 6.10 Å². The number of carbonyl (C=O) groups is 1. The van der Waals surface area contributed by atoms with Crippen molar-refractivity contribution in [2.45, 2.75) is 84.1 Å². The molecular formula is C27H37NO2. The Kier molecular flexibility index (Phi) is 3.42. The summed E-state index contributed by atoms with van der Waals surface area (Å²) < 4.78 is 6.51.